The van der Waals surface area contributed by atoms with Crippen molar-refractivity contribution in [1.29, 1.82) is 0 Å². The average molecular weight is 271 g/mol. The Morgan fingerprint density at radius 3 is 2.39 bits per heavy atom. The van der Waals surface area contributed by atoms with E-state index in [1.165, 1.54) is 0 Å². The number of carbonyl (C=O) groups is 1. The highest BCUT2D eigenvalue weighted by Crippen LogP contribution is 2.17. The van der Waals surface area contributed by atoms with Crippen LogP contribution in [-0.2, 0) is 4.74 Å². The molecule has 0 bridgehead atoms. The highest BCUT2D eigenvalue weighted by molar-refractivity contribution is 5.99. The Bertz CT molecular complexity index is 415. The fourth-order valence-electron chi connectivity index (χ4n) is 2.21. The highest BCUT2D eigenvalue weighted by Gasteiger charge is 2.27. The van der Waals surface area contributed by atoms with Gasteiger partial charge in [0.25, 0.3) is 5.91 Å². The van der Waals surface area contributed by atoms with E-state index in [1.807, 2.05) is 30.9 Å². The molecule has 0 radical (unpaired) electrons. The van der Waals surface area contributed by atoms with Crippen LogP contribution < -0.4 is 5.73 Å². The number of halogens is 1. The molecule has 0 spiro atoms. The Morgan fingerprint density at radius 1 is 1.28 bits per heavy atom. The molecule has 2 N–H and O–H groups in total. The quantitative estimate of drug-likeness (QED) is 0.794. The zero-order valence-electron chi connectivity index (χ0n) is 10.6. The molecule has 1 aliphatic heterocycles. The van der Waals surface area contributed by atoms with Gasteiger partial charge in [-0.1, -0.05) is 12.1 Å². The van der Waals surface area contributed by atoms with Crippen molar-refractivity contribution in [3.8, 4) is 0 Å². The molecular formula is C13H19ClN2O2. The van der Waals surface area contributed by atoms with Crippen LogP contribution in [0.5, 0.6) is 0 Å². The Morgan fingerprint density at radius 2 is 1.83 bits per heavy atom. The number of hydrogen-bond donors (Lipinski definition) is 1. The number of benzene rings is 1. The van der Waals surface area contributed by atoms with Gasteiger partial charge >= 0.3 is 0 Å². The molecule has 1 amide bonds. The maximum absolute atomic E-state index is 12.3. The zero-order valence-corrected chi connectivity index (χ0v) is 11.4. The third-order valence-corrected chi connectivity index (χ3v) is 2.90. The topological polar surface area (TPSA) is 55.6 Å². The van der Waals surface area contributed by atoms with Crippen molar-refractivity contribution in [2.75, 3.05) is 18.8 Å². The summed E-state index contributed by atoms with van der Waals surface area (Å²) in [6.45, 7) is 5.20. The third-order valence-electron chi connectivity index (χ3n) is 2.90. The molecule has 0 aromatic heterocycles. The number of anilines is 1. The summed E-state index contributed by atoms with van der Waals surface area (Å²) in [4.78, 5) is 14.1. The monoisotopic (exact) mass is 270 g/mol. The summed E-state index contributed by atoms with van der Waals surface area (Å²) in [5, 5.41) is 0. The van der Waals surface area contributed by atoms with Crippen molar-refractivity contribution in [2.24, 2.45) is 0 Å². The number of ether oxygens (including phenoxy) is 1. The predicted octanol–water partition coefficient (Wildman–Crippen LogP) is 1.94. The molecule has 0 unspecified atom stereocenters. The minimum atomic E-state index is -0.00917. The summed E-state index contributed by atoms with van der Waals surface area (Å²) in [6, 6.07) is 7.18. The molecular weight excluding hydrogens is 252 g/mol. The molecule has 4 nitrogen and oxygen atoms in total. The number of hydrogen-bond acceptors (Lipinski definition) is 3. The lowest BCUT2D eigenvalue weighted by molar-refractivity contribution is -0.0585. The number of para-hydroxylation sites is 1. The van der Waals surface area contributed by atoms with E-state index in [2.05, 4.69) is 0 Å². The van der Waals surface area contributed by atoms with Gasteiger partial charge in [0.1, 0.15) is 0 Å². The van der Waals surface area contributed by atoms with Crippen molar-refractivity contribution in [3.05, 3.63) is 29.8 Å². The molecule has 2 rings (SSSR count). The fraction of sp³-hybridized carbons (Fsp3) is 0.462. The molecule has 100 valence electrons. The first-order valence-corrected chi connectivity index (χ1v) is 5.87. The summed E-state index contributed by atoms with van der Waals surface area (Å²) in [7, 11) is 0. The lowest BCUT2D eigenvalue weighted by Crippen LogP contribution is -2.48. The number of nitrogens with two attached hydrogens (primary N) is 1. The molecule has 5 heteroatoms. The molecule has 0 aliphatic carbocycles. The third kappa shape index (κ3) is 3.15. The van der Waals surface area contributed by atoms with E-state index in [9.17, 15) is 4.79 Å². The Kier molecular flexibility index (Phi) is 4.99. The largest absolute Gasteiger partial charge is 0.398 e. The molecule has 1 fully saturated rings. The van der Waals surface area contributed by atoms with Crippen LogP contribution in [0.2, 0.25) is 0 Å². The minimum absolute atomic E-state index is 0. The van der Waals surface area contributed by atoms with Gasteiger partial charge in [0.05, 0.1) is 17.8 Å². The van der Waals surface area contributed by atoms with E-state index in [-0.39, 0.29) is 30.5 Å². The maximum Gasteiger partial charge on any atom is 0.256 e. The Hall–Kier alpha value is -1.26. The Balaban J connectivity index is 0.00000162. The molecule has 1 heterocycles. The molecule has 1 saturated heterocycles. The van der Waals surface area contributed by atoms with Crippen LogP contribution in [-0.4, -0.2) is 36.1 Å². The van der Waals surface area contributed by atoms with Gasteiger partial charge in [-0.2, -0.15) is 0 Å². The van der Waals surface area contributed by atoms with Crippen LogP contribution in [0.3, 0.4) is 0 Å². The Labute approximate surface area is 114 Å². The van der Waals surface area contributed by atoms with E-state index in [4.69, 9.17) is 10.5 Å². The second-order valence-corrected chi connectivity index (χ2v) is 4.55. The standard InChI is InChI=1S/C13H18N2O2.ClH/c1-9-7-15(8-10(2)17-9)13(16)11-5-3-4-6-12(11)14;/h3-6,9-10H,7-8,14H2,1-2H3;1H/t9-,10+;. The lowest BCUT2D eigenvalue weighted by Gasteiger charge is -2.35. The van der Waals surface area contributed by atoms with Crippen LogP contribution in [0.4, 0.5) is 5.69 Å². The first-order valence-electron chi connectivity index (χ1n) is 5.87. The second kappa shape index (κ2) is 6.07. The van der Waals surface area contributed by atoms with E-state index in [1.54, 1.807) is 12.1 Å². The number of nitrogen functional groups attached to an aromatic ring is 1. The molecule has 1 aliphatic rings. The van der Waals surface area contributed by atoms with Gasteiger partial charge in [0.2, 0.25) is 0 Å². The van der Waals surface area contributed by atoms with Crippen LogP contribution in [0.1, 0.15) is 24.2 Å². The number of carbonyl (C=O) groups excluding carboxylic acids is 1. The normalized spacial score (nSPS) is 23.3. The van der Waals surface area contributed by atoms with E-state index >= 15 is 0 Å². The maximum atomic E-state index is 12.3. The fourth-order valence-corrected chi connectivity index (χ4v) is 2.21. The number of amides is 1. The zero-order chi connectivity index (χ0) is 12.4. The van der Waals surface area contributed by atoms with E-state index in [0.717, 1.165) is 0 Å². The van der Waals surface area contributed by atoms with Gasteiger partial charge in [0.15, 0.2) is 0 Å². The molecule has 0 saturated carbocycles. The van der Waals surface area contributed by atoms with E-state index in [0.29, 0.717) is 24.3 Å². The molecule has 1 aromatic carbocycles. The van der Waals surface area contributed by atoms with Gasteiger partial charge < -0.3 is 15.4 Å². The van der Waals surface area contributed by atoms with Crippen molar-refractivity contribution >= 4 is 24.0 Å². The van der Waals surface area contributed by atoms with E-state index < -0.39 is 0 Å². The van der Waals surface area contributed by atoms with Gasteiger partial charge in [-0.15, -0.1) is 12.4 Å². The average Bonchev–Trinajstić information content (AvgIpc) is 2.27. The minimum Gasteiger partial charge on any atom is -0.398 e. The van der Waals surface area contributed by atoms with Gasteiger partial charge in [-0.3, -0.25) is 4.79 Å². The van der Waals surface area contributed by atoms with Crippen molar-refractivity contribution in [2.45, 2.75) is 26.1 Å². The van der Waals surface area contributed by atoms with Crippen molar-refractivity contribution < 1.29 is 9.53 Å². The van der Waals surface area contributed by atoms with Crippen LogP contribution in [0.15, 0.2) is 24.3 Å². The smallest absolute Gasteiger partial charge is 0.256 e. The predicted molar refractivity (Wildman–Crippen MR) is 74.0 cm³/mol. The summed E-state index contributed by atoms with van der Waals surface area (Å²) in [5.74, 6) is -0.00917. The molecule has 1 aromatic rings. The first-order chi connectivity index (χ1) is 8.08. The van der Waals surface area contributed by atoms with Crippen molar-refractivity contribution in [3.63, 3.8) is 0 Å². The SMILES string of the molecule is C[C@@H]1CN(C(=O)c2ccccc2N)C[C@H](C)O1.Cl. The van der Waals surface area contributed by atoms with Crippen LogP contribution in [0.25, 0.3) is 0 Å². The van der Waals surface area contributed by atoms with Gasteiger partial charge in [0, 0.05) is 18.8 Å². The molecule has 18 heavy (non-hydrogen) atoms. The number of nitrogens with zero attached hydrogens (tertiary/aromatic N) is 1. The molecule has 2 atom stereocenters. The summed E-state index contributed by atoms with van der Waals surface area (Å²) < 4.78 is 5.61. The summed E-state index contributed by atoms with van der Waals surface area (Å²) in [6.07, 6.45) is 0.153. The van der Waals surface area contributed by atoms with Crippen molar-refractivity contribution in [1.82, 2.24) is 4.90 Å². The number of rotatable bonds is 1. The van der Waals surface area contributed by atoms with Crippen LogP contribution >= 0.6 is 12.4 Å². The van der Waals surface area contributed by atoms with Crippen LogP contribution in [0, 0.1) is 0 Å². The number of morpholine rings is 1. The summed E-state index contributed by atoms with van der Waals surface area (Å²) >= 11 is 0. The van der Waals surface area contributed by atoms with Gasteiger partial charge in [-0.25, -0.2) is 0 Å². The van der Waals surface area contributed by atoms with Gasteiger partial charge in [-0.05, 0) is 26.0 Å². The lowest BCUT2D eigenvalue weighted by atomic mass is 10.1. The summed E-state index contributed by atoms with van der Waals surface area (Å²) in [5.41, 5.74) is 6.93. The second-order valence-electron chi connectivity index (χ2n) is 4.55. The highest BCUT2D eigenvalue weighted by atomic mass is 35.5. The first kappa shape index (κ1) is 14.8.